The van der Waals surface area contributed by atoms with E-state index < -0.39 is 0 Å². The van der Waals surface area contributed by atoms with Crippen molar-refractivity contribution >= 4 is 7.12 Å². The van der Waals surface area contributed by atoms with Gasteiger partial charge in [0.05, 0.1) is 11.2 Å². The highest BCUT2D eigenvalue weighted by atomic mass is 16.7. The molecule has 2 aliphatic rings. The van der Waals surface area contributed by atoms with Crippen LogP contribution >= 0.6 is 0 Å². The maximum Gasteiger partial charge on any atom is 0.458 e. The van der Waals surface area contributed by atoms with Crippen LogP contribution in [0.2, 0.25) is 6.32 Å². The predicted octanol–water partition coefficient (Wildman–Crippen LogP) is 2.12. The van der Waals surface area contributed by atoms with Crippen LogP contribution in [-0.4, -0.2) is 31.5 Å². The SMILES string of the molecule is CC1(C)OB(CC2CCOC2)OC1(C)C. The van der Waals surface area contributed by atoms with E-state index >= 15 is 0 Å². The fourth-order valence-electron chi connectivity index (χ4n) is 2.10. The third-order valence-corrected chi connectivity index (χ3v) is 3.85. The summed E-state index contributed by atoms with van der Waals surface area (Å²) in [6.45, 7) is 10.1. The Bertz CT molecular complexity index is 218. The first-order valence-corrected chi connectivity index (χ1v) is 5.84. The van der Waals surface area contributed by atoms with Gasteiger partial charge in [-0.25, -0.2) is 0 Å². The molecule has 0 spiro atoms. The Balaban J connectivity index is 1.91. The molecular weight excluding hydrogens is 191 g/mol. The predicted molar refractivity (Wildman–Crippen MR) is 59.8 cm³/mol. The molecule has 2 aliphatic heterocycles. The lowest BCUT2D eigenvalue weighted by atomic mass is 9.77. The molecule has 0 radical (unpaired) electrons. The lowest BCUT2D eigenvalue weighted by Crippen LogP contribution is -2.41. The number of ether oxygens (including phenoxy) is 1. The molecule has 2 rings (SSSR count). The van der Waals surface area contributed by atoms with Gasteiger partial charge >= 0.3 is 7.12 Å². The van der Waals surface area contributed by atoms with Gasteiger partial charge in [-0.3, -0.25) is 0 Å². The molecule has 4 heteroatoms. The van der Waals surface area contributed by atoms with E-state index in [4.69, 9.17) is 14.0 Å². The zero-order valence-electron chi connectivity index (χ0n) is 10.2. The van der Waals surface area contributed by atoms with Gasteiger partial charge in [0, 0.05) is 13.2 Å². The summed E-state index contributed by atoms with van der Waals surface area (Å²) in [4.78, 5) is 0. The molecule has 0 aliphatic carbocycles. The van der Waals surface area contributed by atoms with Crippen molar-refractivity contribution in [3.05, 3.63) is 0 Å². The molecule has 0 saturated carbocycles. The smallest absolute Gasteiger partial charge is 0.403 e. The highest BCUT2D eigenvalue weighted by molar-refractivity contribution is 6.45. The Morgan fingerprint density at radius 2 is 1.73 bits per heavy atom. The quantitative estimate of drug-likeness (QED) is 0.656. The van der Waals surface area contributed by atoms with Crippen LogP contribution in [0.15, 0.2) is 0 Å². The van der Waals surface area contributed by atoms with Crippen molar-refractivity contribution in [2.75, 3.05) is 13.2 Å². The minimum atomic E-state index is -0.197. The Morgan fingerprint density at radius 1 is 1.13 bits per heavy atom. The fourth-order valence-corrected chi connectivity index (χ4v) is 2.10. The molecule has 1 unspecified atom stereocenters. The molecule has 0 N–H and O–H groups in total. The second-order valence-electron chi connectivity index (χ2n) is 5.65. The summed E-state index contributed by atoms with van der Waals surface area (Å²) < 4.78 is 17.3. The van der Waals surface area contributed by atoms with Gasteiger partial charge in [-0.1, -0.05) is 0 Å². The highest BCUT2D eigenvalue weighted by Crippen LogP contribution is 2.39. The van der Waals surface area contributed by atoms with Gasteiger partial charge in [0.1, 0.15) is 0 Å². The van der Waals surface area contributed by atoms with Crippen molar-refractivity contribution in [2.45, 2.75) is 51.6 Å². The molecule has 0 aromatic carbocycles. The van der Waals surface area contributed by atoms with E-state index in [1.165, 1.54) is 0 Å². The van der Waals surface area contributed by atoms with Gasteiger partial charge in [0.25, 0.3) is 0 Å². The molecular formula is C11H21BO3. The second kappa shape index (κ2) is 3.76. The molecule has 2 saturated heterocycles. The Kier molecular flexibility index (Phi) is 2.86. The number of hydrogen-bond donors (Lipinski definition) is 0. The lowest BCUT2D eigenvalue weighted by molar-refractivity contribution is 0.00578. The standard InChI is InChI=1S/C11H21BO3/c1-10(2)11(3,4)15-12(14-10)7-9-5-6-13-8-9/h9H,5-8H2,1-4H3. The first-order chi connectivity index (χ1) is 6.91. The van der Waals surface area contributed by atoms with Crippen LogP contribution in [0.3, 0.4) is 0 Å². The summed E-state index contributed by atoms with van der Waals surface area (Å²) in [7, 11) is -0.0540. The number of hydrogen-bond acceptors (Lipinski definition) is 3. The average molecular weight is 212 g/mol. The highest BCUT2D eigenvalue weighted by Gasteiger charge is 2.51. The van der Waals surface area contributed by atoms with Crippen molar-refractivity contribution in [1.82, 2.24) is 0 Å². The number of rotatable bonds is 2. The van der Waals surface area contributed by atoms with E-state index in [0.29, 0.717) is 5.92 Å². The van der Waals surface area contributed by atoms with Gasteiger partial charge in [-0.15, -0.1) is 0 Å². The molecule has 0 amide bonds. The van der Waals surface area contributed by atoms with Gasteiger partial charge in [0.15, 0.2) is 0 Å². The monoisotopic (exact) mass is 212 g/mol. The van der Waals surface area contributed by atoms with Crippen LogP contribution in [0.4, 0.5) is 0 Å². The summed E-state index contributed by atoms with van der Waals surface area (Å²) in [5.41, 5.74) is -0.395. The van der Waals surface area contributed by atoms with Crippen LogP contribution in [0, 0.1) is 5.92 Å². The Morgan fingerprint density at radius 3 is 2.20 bits per heavy atom. The Labute approximate surface area is 92.6 Å². The van der Waals surface area contributed by atoms with Crippen LogP contribution < -0.4 is 0 Å². The van der Waals surface area contributed by atoms with Crippen molar-refractivity contribution in [2.24, 2.45) is 5.92 Å². The molecule has 3 nitrogen and oxygen atoms in total. The maximum absolute atomic E-state index is 5.95. The van der Waals surface area contributed by atoms with Crippen LogP contribution in [-0.2, 0) is 14.0 Å². The topological polar surface area (TPSA) is 27.7 Å². The van der Waals surface area contributed by atoms with Crippen LogP contribution in [0.25, 0.3) is 0 Å². The van der Waals surface area contributed by atoms with E-state index in [0.717, 1.165) is 26.0 Å². The third kappa shape index (κ3) is 2.22. The zero-order valence-corrected chi connectivity index (χ0v) is 10.2. The third-order valence-electron chi connectivity index (χ3n) is 3.85. The minimum absolute atomic E-state index is 0.0540. The summed E-state index contributed by atoms with van der Waals surface area (Å²) in [5.74, 6) is 0.611. The van der Waals surface area contributed by atoms with Crippen LogP contribution in [0.5, 0.6) is 0 Å². The van der Waals surface area contributed by atoms with Crippen molar-refractivity contribution in [3.63, 3.8) is 0 Å². The summed E-state index contributed by atoms with van der Waals surface area (Å²) >= 11 is 0. The Hall–Kier alpha value is -0.0551. The molecule has 1 atom stereocenters. The van der Waals surface area contributed by atoms with Gasteiger partial charge in [0.2, 0.25) is 0 Å². The van der Waals surface area contributed by atoms with Crippen molar-refractivity contribution in [1.29, 1.82) is 0 Å². The molecule has 86 valence electrons. The molecule has 2 fully saturated rings. The average Bonchev–Trinajstić information content (AvgIpc) is 2.59. The largest absolute Gasteiger partial charge is 0.458 e. The van der Waals surface area contributed by atoms with Gasteiger partial charge in [-0.2, -0.15) is 0 Å². The normalized spacial score (nSPS) is 33.6. The van der Waals surface area contributed by atoms with E-state index in [-0.39, 0.29) is 18.3 Å². The van der Waals surface area contributed by atoms with Crippen molar-refractivity contribution in [3.8, 4) is 0 Å². The molecule has 15 heavy (non-hydrogen) atoms. The summed E-state index contributed by atoms with van der Waals surface area (Å²) in [6, 6.07) is 0. The first kappa shape index (κ1) is 11.4. The van der Waals surface area contributed by atoms with Crippen LogP contribution in [0.1, 0.15) is 34.1 Å². The summed E-state index contributed by atoms with van der Waals surface area (Å²) in [5, 5.41) is 0. The second-order valence-corrected chi connectivity index (χ2v) is 5.65. The van der Waals surface area contributed by atoms with E-state index in [9.17, 15) is 0 Å². The molecule has 0 aromatic heterocycles. The molecule has 2 heterocycles. The lowest BCUT2D eigenvalue weighted by Gasteiger charge is -2.32. The first-order valence-electron chi connectivity index (χ1n) is 5.84. The van der Waals surface area contributed by atoms with E-state index in [2.05, 4.69) is 27.7 Å². The van der Waals surface area contributed by atoms with Gasteiger partial charge in [-0.05, 0) is 46.4 Å². The maximum atomic E-state index is 5.95. The molecule has 0 aromatic rings. The van der Waals surface area contributed by atoms with Crippen molar-refractivity contribution < 1.29 is 14.0 Å². The van der Waals surface area contributed by atoms with E-state index in [1.807, 2.05) is 0 Å². The van der Waals surface area contributed by atoms with E-state index in [1.54, 1.807) is 0 Å². The minimum Gasteiger partial charge on any atom is -0.403 e. The summed E-state index contributed by atoms with van der Waals surface area (Å²) in [6.07, 6.45) is 2.11. The zero-order chi connectivity index (χ0) is 11.1. The molecule has 0 bridgehead atoms. The van der Waals surface area contributed by atoms with Gasteiger partial charge < -0.3 is 14.0 Å². The fraction of sp³-hybridized carbons (Fsp3) is 1.00.